The second-order valence-electron chi connectivity index (χ2n) is 3.97. The van der Waals surface area contributed by atoms with Gasteiger partial charge in [-0.1, -0.05) is 17.7 Å². The molecule has 106 valence electrons. The van der Waals surface area contributed by atoms with Crippen LogP contribution in [0.3, 0.4) is 0 Å². The first-order chi connectivity index (χ1) is 8.74. The number of benzene rings is 1. The van der Waals surface area contributed by atoms with Crippen LogP contribution < -0.4 is 4.72 Å². The smallest absolute Gasteiger partial charge is 0.332 e. The normalized spacial score (nSPS) is 13.2. The number of hydrogen-bond acceptors (Lipinski definition) is 4. The number of halogens is 1. The third kappa shape index (κ3) is 4.46. The zero-order valence-corrected chi connectivity index (χ0v) is 11.7. The van der Waals surface area contributed by atoms with Crippen molar-refractivity contribution in [3.63, 3.8) is 0 Å². The van der Waals surface area contributed by atoms with Crippen LogP contribution in [0.5, 0.6) is 0 Å². The van der Waals surface area contributed by atoms with E-state index in [0.29, 0.717) is 0 Å². The Hall–Kier alpha value is -1.15. The van der Waals surface area contributed by atoms with Gasteiger partial charge in [0.05, 0.1) is 5.02 Å². The average molecular weight is 308 g/mol. The van der Waals surface area contributed by atoms with Crippen molar-refractivity contribution in [3.05, 3.63) is 28.8 Å². The predicted octanol–water partition coefficient (Wildman–Crippen LogP) is 0.762. The van der Waals surface area contributed by atoms with Gasteiger partial charge in [0, 0.05) is 6.54 Å². The number of sulfonamides is 1. The van der Waals surface area contributed by atoms with Crippen molar-refractivity contribution in [2.75, 3.05) is 6.54 Å². The van der Waals surface area contributed by atoms with Crippen molar-refractivity contribution < 1.29 is 23.4 Å². The van der Waals surface area contributed by atoms with Crippen LogP contribution in [0, 0.1) is 6.92 Å². The lowest BCUT2D eigenvalue weighted by Gasteiger charge is -2.10. The third-order valence-corrected chi connectivity index (χ3v) is 4.32. The molecule has 19 heavy (non-hydrogen) atoms. The summed E-state index contributed by atoms with van der Waals surface area (Å²) in [7, 11) is -3.82. The first-order valence-electron chi connectivity index (χ1n) is 5.41. The van der Waals surface area contributed by atoms with E-state index >= 15 is 0 Å². The highest BCUT2D eigenvalue weighted by Gasteiger charge is 2.19. The van der Waals surface area contributed by atoms with Gasteiger partial charge in [-0.25, -0.2) is 17.9 Å². The average Bonchev–Trinajstić information content (AvgIpc) is 2.27. The highest BCUT2D eigenvalue weighted by atomic mass is 35.5. The van der Waals surface area contributed by atoms with Crippen molar-refractivity contribution in [1.29, 1.82) is 0 Å². The molecule has 3 N–H and O–H groups in total. The first kappa shape index (κ1) is 15.9. The molecule has 0 bridgehead atoms. The van der Waals surface area contributed by atoms with Crippen molar-refractivity contribution >= 4 is 27.6 Å². The summed E-state index contributed by atoms with van der Waals surface area (Å²) in [5, 5.41) is 17.6. The Labute approximate surface area is 116 Å². The summed E-state index contributed by atoms with van der Waals surface area (Å²) in [6.07, 6.45) is -1.82. The molecular weight excluding hydrogens is 294 g/mol. The Morgan fingerprint density at radius 2 is 2.11 bits per heavy atom. The van der Waals surface area contributed by atoms with E-state index in [4.69, 9.17) is 21.8 Å². The van der Waals surface area contributed by atoms with E-state index in [2.05, 4.69) is 4.72 Å². The number of carboxylic acid groups (broad SMARTS) is 1. The predicted molar refractivity (Wildman–Crippen MR) is 69.6 cm³/mol. The molecule has 0 heterocycles. The molecule has 0 saturated heterocycles. The van der Waals surface area contributed by atoms with E-state index in [9.17, 15) is 13.2 Å². The van der Waals surface area contributed by atoms with Gasteiger partial charge < -0.3 is 10.2 Å². The van der Waals surface area contributed by atoms with Gasteiger partial charge in [-0.15, -0.1) is 0 Å². The molecule has 0 saturated carbocycles. The summed E-state index contributed by atoms with van der Waals surface area (Å²) in [4.78, 5) is 10.3. The number of nitrogens with one attached hydrogen (secondary N) is 1. The summed E-state index contributed by atoms with van der Waals surface area (Å²) < 4.78 is 26.0. The Kier molecular flexibility index (Phi) is 5.30. The Morgan fingerprint density at radius 1 is 1.47 bits per heavy atom. The minimum Gasteiger partial charge on any atom is -0.479 e. The molecule has 0 unspecified atom stereocenters. The van der Waals surface area contributed by atoms with Crippen LogP contribution in [0.2, 0.25) is 5.02 Å². The van der Waals surface area contributed by atoms with Gasteiger partial charge in [0.2, 0.25) is 10.0 Å². The van der Waals surface area contributed by atoms with E-state index in [-0.39, 0.29) is 22.9 Å². The summed E-state index contributed by atoms with van der Waals surface area (Å²) in [6, 6.07) is 4.49. The number of carboxylic acids is 1. The lowest BCUT2D eigenvalue weighted by atomic mass is 10.2. The van der Waals surface area contributed by atoms with Crippen LogP contribution in [-0.4, -0.2) is 37.2 Å². The van der Waals surface area contributed by atoms with Gasteiger partial charge in [-0.05, 0) is 31.0 Å². The zero-order chi connectivity index (χ0) is 14.6. The molecule has 1 rings (SSSR count). The van der Waals surface area contributed by atoms with Crippen LogP contribution >= 0.6 is 11.6 Å². The molecule has 0 aliphatic carbocycles. The van der Waals surface area contributed by atoms with E-state index in [0.717, 1.165) is 5.56 Å². The fraction of sp³-hybridized carbons (Fsp3) is 0.364. The van der Waals surface area contributed by atoms with Gasteiger partial charge in [-0.3, -0.25) is 0 Å². The second kappa shape index (κ2) is 6.33. The number of hydrogen-bond donors (Lipinski definition) is 3. The Bertz CT molecular complexity index is 572. The molecule has 0 aliphatic heterocycles. The fourth-order valence-corrected chi connectivity index (χ4v) is 3.00. The fourth-order valence-electron chi connectivity index (χ4n) is 1.36. The standard InChI is InChI=1S/C11H14ClNO5S/c1-7-2-3-10(8(12)6-7)19(17,18)13-5-4-9(14)11(15)16/h2-3,6,9,13-14H,4-5H2,1H3,(H,15,16)/t9-/m0/s1. The number of aliphatic carboxylic acids is 1. The van der Waals surface area contributed by atoms with Gasteiger partial charge >= 0.3 is 5.97 Å². The van der Waals surface area contributed by atoms with Crippen LogP contribution in [0.15, 0.2) is 23.1 Å². The van der Waals surface area contributed by atoms with E-state index in [1.54, 1.807) is 13.0 Å². The molecule has 0 aromatic heterocycles. The molecule has 0 aliphatic rings. The van der Waals surface area contributed by atoms with E-state index in [1.165, 1.54) is 12.1 Å². The quantitative estimate of drug-likeness (QED) is 0.720. The number of aliphatic hydroxyl groups excluding tert-OH is 1. The monoisotopic (exact) mass is 307 g/mol. The number of carbonyl (C=O) groups is 1. The Morgan fingerprint density at radius 3 is 2.63 bits per heavy atom. The number of aliphatic hydroxyl groups is 1. The maximum atomic E-state index is 11.9. The summed E-state index contributed by atoms with van der Waals surface area (Å²) in [5.74, 6) is -1.40. The maximum Gasteiger partial charge on any atom is 0.332 e. The van der Waals surface area contributed by atoms with Crippen molar-refractivity contribution in [2.24, 2.45) is 0 Å². The van der Waals surface area contributed by atoms with E-state index < -0.39 is 22.1 Å². The van der Waals surface area contributed by atoms with Gasteiger partial charge in [-0.2, -0.15) is 0 Å². The topological polar surface area (TPSA) is 104 Å². The summed E-state index contributed by atoms with van der Waals surface area (Å²) in [6.45, 7) is 1.58. The van der Waals surface area contributed by atoms with Crippen LogP contribution in [0.1, 0.15) is 12.0 Å². The SMILES string of the molecule is Cc1ccc(S(=O)(=O)NCC[C@H](O)C(=O)O)c(Cl)c1. The van der Waals surface area contributed by atoms with Gasteiger partial charge in [0.1, 0.15) is 4.90 Å². The number of rotatable bonds is 6. The summed E-state index contributed by atoms with van der Waals surface area (Å²) in [5.41, 5.74) is 0.824. The molecule has 0 radical (unpaired) electrons. The van der Waals surface area contributed by atoms with Crippen molar-refractivity contribution in [3.8, 4) is 0 Å². The van der Waals surface area contributed by atoms with E-state index in [1.807, 2.05) is 0 Å². The molecule has 0 spiro atoms. The first-order valence-corrected chi connectivity index (χ1v) is 7.27. The lowest BCUT2D eigenvalue weighted by molar-refractivity contribution is -0.146. The molecule has 1 atom stereocenters. The molecule has 8 heteroatoms. The van der Waals surface area contributed by atoms with Crippen molar-refractivity contribution in [2.45, 2.75) is 24.3 Å². The van der Waals surface area contributed by atoms with Crippen LogP contribution in [0.4, 0.5) is 0 Å². The zero-order valence-electron chi connectivity index (χ0n) is 10.1. The largest absolute Gasteiger partial charge is 0.479 e. The van der Waals surface area contributed by atoms with Gasteiger partial charge in [0.25, 0.3) is 0 Å². The molecule has 0 fully saturated rings. The number of aryl methyl sites for hydroxylation is 1. The maximum absolute atomic E-state index is 11.9. The third-order valence-electron chi connectivity index (χ3n) is 2.37. The van der Waals surface area contributed by atoms with Crippen LogP contribution in [0.25, 0.3) is 0 Å². The highest BCUT2D eigenvalue weighted by molar-refractivity contribution is 7.89. The lowest BCUT2D eigenvalue weighted by Crippen LogP contribution is -2.30. The molecular formula is C11H14ClNO5S. The minimum absolute atomic E-state index is 0.0791. The summed E-state index contributed by atoms with van der Waals surface area (Å²) >= 11 is 5.84. The van der Waals surface area contributed by atoms with Crippen molar-refractivity contribution in [1.82, 2.24) is 4.72 Å². The second-order valence-corrected chi connectivity index (χ2v) is 6.12. The molecule has 1 aromatic rings. The molecule has 0 amide bonds. The van der Waals surface area contributed by atoms with Crippen LogP contribution in [-0.2, 0) is 14.8 Å². The molecule has 1 aromatic carbocycles. The Balaban J connectivity index is 2.74. The van der Waals surface area contributed by atoms with Gasteiger partial charge in [0.15, 0.2) is 6.10 Å². The molecule has 6 nitrogen and oxygen atoms in total. The minimum atomic E-state index is -3.82. The highest BCUT2D eigenvalue weighted by Crippen LogP contribution is 2.22.